The molecule has 0 aliphatic heterocycles. The van der Waals surface area contributed by atoms with E-state index in [0.717, 1.165) is 51.0 Å². The lowest BCUT2D eigenvalue weighted by atomic mass is 10.0. The van der Waals surface area contributed by atoms with E-state index in [0.29, 0.717) is 16.6 Å². The molecule has 0 bridgehead atoms. The second kappa shape index (κ2) is 7.61. The lowest BCUT2D eigenvalue weighted by Gasteiger charge is -2.11. The Kier molecular flexibility index (Phi) is 5.20. The molecule has 0 amide bonds. The largest absolute Gasteiger partial charge is 0.355 e. The van der Waals surface area contributed by atoms with E-state index in [9.17, 15) is 0 Å². The molecule has 1 aromatic heterocycles. The van der Waals surface area contributed by atoms with Gasteiger partial charge in [-0.1, -0.05) is 34.8 Å². The second-order valence-electron chi connectivity index (χ2n) is 6.52. The highest BCUT2D eigenvalue weighted by Crippen LogP contribution is 2.34. The summed E-state index contributed by atoms with van der Waals surface area (Å²) in [7, 11) is 0. The van der Waals surface area contributed by atoms with E-state index in [4.69, 9.17) is 40.5 Å². The van der Waals surface area contributed by atoms with Gasteiger partial charge in [0.25, 0.3) is 0 Å². The molecule has 0 atom stereocenters. The minimum absolute atomic E-state index is 0.518. The van der Waals surface area contributed by atoms with Crippen LogP contribution in [0.15, 0.2) is 48.5 Å². The van der Waals surface area contributed by atoms with Crippen molar-refractivity contribution in [3.8, 4) is 0 Å². The molecule has 4 N–H and O–H groups in total. The van der Waals surface area contributed by atoms with Crippen LogP contribution < -0.4 is 11.1 Å². The second-order valence-corrected chi connectivity index (χ2v) is 7.77. The molecule has 0 spiro atoms. The third kappa shape index (κ3) is 3.74. The van der Waals surface area contributed by atoms with Crippen LogP contribution in [0.25, 0.3) is 21.8 Å². The fourth-order valence-electron chi connectivity index (χ4n) is 3.35. The van der Waals surface area contributed by atoms with Gasteiger partial charge >= 0.3 is 0 Å². The topological polar surface area (TPSA) is 53.8 Å². The highest BCUT2D eigenvalue weighted by atomic mass is 35.5. The number of H-pyrrole nitrogens is 1. The molecule has 3 aromatic carbocycles. The van der Waals surface area contributed by atoms with E-state index >= 15 is 0 Å². The van der Waals surface area contributed by atoms with Crippen LogP contribution in [0.3, 0.4) is 0 Å². The van der Waals surface area contributed by atoms with Crippen LogP contribution in [0.4, 0.5) is 11.4 Å². The van der Waals surface area contributed by atoms with Crippen LogP contribution in [-0.2, 0) is 6.42 Å². The van der Waals surface area contributed by atoms with Gasteiger partial charge in [-0.05, 0) is 73.5 Å². The Morgan fingerprint density at radius 1 is 0.852 bits per heavy atom. The zero-order valence-corrected chi connectivity index (χ0v) is 16.7. The molecule has 0 saturated heterocycles. The maximum Gasteiger partial charge on any atom is 0.0612 e. The van der Waals surface area contributed by atoms with Crippen molar-refractivity contribution in [1.82, 2.24) is 4.98 Å². The highest BCUT2D eigenvalue weighted by molar-refractivity contribution is 6.42. The Labute approximate surface area is 172 Å². The summed E-state index contributed by atoms with van der Waals surface area (Å²) in [6.07, 6.45) is 1.81. The van der Waals surface area contributed by atoms with Gasteiger partial charge < -0.3 is 16.0 Å². The van der Waals surface area contributed by atoms with Gasteiger partial charge in [0, 0.05) is 38.2 Å². The zero-order valence-electron chi connectivity index (χ0n) is 14.5. The number of aromatic amines is 1. The molecule has 0 radical (unpaired) electrons. The van der Waals surface area contributed by atoms with Gasteiger partial charge in [-0.2, -0.15) is 0 Å². The summed E-state index contributed by atoms with van der Waals surface area (Å²) in [4.78, 5) is 3.52. The summed E-state index contributed by atoms with van der Waals surface area (Å²) in [6, 6.07) is 15.7. The van der Waals surface area contributed by atoms with Crippen LogP contribution in [0.1, 0.15) is 12.0 Å². The van der Waals surface area contributed by atoms with Crippen LogP contribution in [-0.4, -0.2) is 11.5 Å². The minimum atomic E-state index is 0.518. The minimum Gasteiger partial charge on any atom is -0.355 e. The molecule has 0 aliphatic carbocycles. The normalized spacial score (nSPS) is 11.4. The van der Waals surface area contributed by atoms with E-state index in [-0.39, 0.29) is 0 Å². The van der Waals surface area contributed by atoms with Gasteiger partial charge in [0.05, 0.1) is 10.0 Å². The fraction of sp³-hybridized carbons (Fsp3) is 0.143. The van der Waals surface area contributed by atoms with Crippen LogP contribution in [0, 0.1) is 0 Å². The van der Waals surface area contributed by atoms with Crippen molar-refractivity contribution in [2.24, 2.45) is 5.73 Å². The number of rotatable bonds is 5. The van der Waals surface area contributed by atoms with E-state index in [1.165, 1.54) is 5.56 Å². The van der Waals surface area contributed by atoms with E-state index in [1.54, 1.807) is 6.07 Å². The molecule has 1 heterocycles. The molecule has 138 valence electrons. The maximum atomic E-state index is 6.23. The molecule has 27 heavy (non-hydrogen) atoms. The summed E-state index contributed by atoms with van der Waals surface area (Å²) in [5.41, 5.74) is 11.0. The molecule has 0 fully saturated rings. The Bertz CT molecular complexity index is 1130. The van der Waals surface area contributed by atoms with Gasteiger partial charge in [-0.25, -0.2) is 0 Å². The van der Waals surface area contributed by atoms with Crippen molar-refractivity contribution in [2.75, 3.05) is 11.9 Å². The average Bonchev–Trinajstić information content (AvgIpc) is 3.01. The number of nitrogens with one attached hydrogen (secondary N) is 2. The van der Waals surface area contributed by atoms with Crippen molar-refractivity contribution in [1.29, 1.82) is 0 Å². The average molecular weight is 419 g/mol. The third-order valence-corrected chi connectivity index (χ3v) is 5.58. The fourth-order valence-corrected chi connectivity index (χ4v) is 3.82. The molecule has 0 saturated carbocycles. The first-order valence-electron chi connectivity index (χ1n) is 8.71. The molecule has 4 aromatic rings. The molecule has 4 rings (SSSR count). The number of aryl methyl sites for hydroxylation is 1. The van der Waals surface area contributed by atoms with Crippen molar-refractivity contribution in [3.05, 3.63) is 69.2 Å². The number of nitrogens with two attached hydrogens (primary N) is 1. The SMILES string of the molecule is NCCCc1cc(Nc2ccc(Cl)c(Cl)c2)cc2c1[nH]c1ccc(Cl)cc12. The standard InChI is InChI=1S/C21H18Cl3N3/c22-13-3-6-20-16(9-13)17-10-15(8-12(2-1-7-25)21(17)27-20)26-14-4-5-18(23)19(24)11-14/h3-6,8-11,26-27H,1-2,7,25H2. The van der Waals surface area contributed by atoms with Crippen LogP contribution >= 0.6 is 34.8 Å². The first kappa shape index (κ1) is 18.5. The third-order valence-electron chi connectivity index (χ3n) is 4.61. The van der Waals surface area contributed by atoms with Gasteiger partial charge in [0.1, 0.15) is 0 Å². The first-order chi connectivity index (χ1) is 13.0. The molecule has 0 aliphatic rings. The van der Waals surface area contributed by atoms with Crippen molar-refractivity contribution in [2.45, 2.75) is 12.8 Å². The monoisotopic (exact) mass is 417 g/mol. The lowest BCUT2D eigenvalue weighted by molar-refractivity contribution is 0.836. The number of anilines is 2. The predicted molar refractivity (Wildman–Crippen MR) is 118 cm³/mol. The summed E-state index contributed by atoms with van der Waals surface area (Å²) in [6.45, 7) is 0.651. The quantitative estimate of drug-likeness (QED) is 0.329. The Hall–Kier alpha value is -1.91. The number of halogens is 3. The molecule has 3 nitrogen and oxygen atoms in total. The number of hydrogen-bond acceptors (Lipinski definition) is 2. The van der Waals surface area contributed by atoms with Crippen molar-refractivity contribution < 1.29 is 0 Å². The van der Waals surface area contributed by atoms with E-state index in [1.807, 2.05) is 30.3 Å². The van der Waals surface area contributed by atoms with Crippen molar-refractivity contribution >= 4 is 68.0 Å². The number of hydrogen-bond donors (Lipinski definition) is 3. The van der Waals surface area contributed by atoms with Gasteiger partial charge in [-0.3, -0.25) is 0 Å². The highest BCUT2D eigenvalue weighted by Gasteiger charge is 2.11. The summed E-state index contributed by atoms with van der Waals surface area (Å²) in [5, 5.41) is 7.43. The van der Waals surface area contributed by atoms with Crippen LogP contribution in [0.5, 0.6) is 0 Å². The summed E-state index contributed by atoms with van der Waals surface area (Å²) >= 11 is 18.4. The van der Waals surface area contributed by atoms with Crippen molar-refractivity contribution in [3.63, 3.8) is 0 Å². The van der Waals surface area contributed by atoms with E-state index in [2.05, 4.69) is 22.4 Å². The maximum absolute atomic E-state index is 6.23. The number of fused-ring (bicyclic) bond motifs is 3. The molecular formula is C21H18Cl3N3. The Morgan fingerprint density at radius 2 is 1.70 bits per heavy atom. The van der Waals surface area contributed by atoms with Gasteiger partial charge in [-0.15, -0.1) is 0 Å². The predicted octanol–water partition coefficient (Wildman–Crippen LogP) is 6.92. The first-order valence-corrected chi connectivity index (χ1v) is 9.84. The van der Waals surface area contributed by atoms with Gasteiger partial charge in [0.15, 0.2) is 0 Å². The van der Waals surface area contributed by atoms with E-state index < -0.39 is 0 Å². The summed E-state index contributed by atoms with van der Waals surface area (Å²) < 4.78 is 0. The van der Waals surface area contributed by atoms with Crippen LogP contribution in [0.2, 0.25) is 15.1 Å². The Balaban J connectivity index is 1.85. The number of benzene rings is 3. The Morgan fingerprint density at radius 3 is 2.48 bits per heavy atom. The summed E-state index contributed by atoms with van der Waals surface area (Å²) in [5.74, 6) is 0. The zero-order chi connectivity index (χ0) is 19.0. The molecule has 6 heteroatoms. The lowest BCUT2D eigenvalue weighted by Crippen LogP contribution is -2.01. The number of aromatic nitrogens is 1. The smallest absolute Gasteiger partial charge is 0.0612 e. The molecular weight excluding hydrogens is 401 g/mol. The molecule has 0 unspecified atom stereocenters. The van der Waals surface area contributed by atoms with Gasteiger partial charge in [0.2, 0.25) is 0 Å².